The summed E-state index contributed by atoms with van der Waals surface area (Å²) in [5, 5.41) is 17.3. The Kier molecular flexibility index (Phi) is 4.57. The number of hydrogen-bond donors (Lipinski definition) is 0. The molecule has 0 unspecified atom stereocenters. The fourth-order valence-electron chi connectivity index (χ4n) is 2.34. The molecule has 3 aromatic rings. The van der Waals surface area contributed by atoms with Crippen LogP contribution in [0.1, 0.15) is 28.1 Å². The quantitative estimate of drug-likeness (QED) is 0.723. The van der Waals surface area contributed by atoms with E-state index in [0.29, 0.717) is 17.9 Å². The summed E-state index contributed by atoms with van der Waals surface area (Å²) >= 11 is 0. The largest absolute Gasteiger partial charge is 0.487 e. The Morgan fingerprint density at radius 3 is 2.25 bits per heavy atom. The lowest BCUT2D eigenvalue weighted by Gasteiger charge is -2.09. The fraction of sp³-hybridized carbons (Fsp3) is 0.211. The maximum Gasteiger partial charge on any atom is 0.189 e. The molecule has 5 heteroatoms. The highest BCUT2D eigenvalue weighted by atomic mass is 16.5. The van der Waals surface area contributed by atoms with E-state index in [4.69, 9.17) is 4.74 Å². The van der Waals surface area contributed by atoms with Gasteiger partial charge in [-0.2, -0.15) is 5.26 Å². The summed E-state index contributed by atoms with van der Waals surface area (Å²) in [6.45, 7) is 4.89. The van der Waals surface area contributed by atoms with E-state index in [9.17, 15) is 5.26 Å². The van der Waals surface area contributed by atoms with Gasteiger partial charge in [-0.05, 0) is 31.5 Å². The smallest absolute Gasteiger partial charge is 0.189 e. The van der Waals surface area contributed by atoms with Gasteiger partial charge >= 0.3 is 0 Å². The first-order valence-corrected chi connectivity index (χ1v) is 7.73. The van der Waals surface area contributed by atoms with Gasteiger partial charge in [-0.3, -0.25) is 0 Å². The van der Waals surface area contributed by atoms with Crippen LogP contribution >= 0.6 is 0 Å². The lowest BCUT2D eigenvalue weighted by atomic mass is 10.1. The number of rotatable bonds is 5. The molecule has 0 fully saturated rings. The molecule has 3 rings (SSSR count). The van der Waals surface area contributed by atoms with Crippen molar-refractivity contribution in [3.63, 3.8) is 0 Å². The van der Waals surface area contributed by atoms with Gasteiger partial charge < -0.3 is 4.74 Å². The Morgan fingerprint density at radius 2 is 1.62 bits per heavy atom. The topological polar surface area (TPSA) is 63.7 Å². The van der Waals surface area contributed by atoms with Crippen LogP contribution in [-0.2, 0) is 13.2 Å². The van der Waals surface area contributed by atoms with Gasteiger partial charge in [0.15, 0.2) is 5.69 Å². The number of hydrogen-bond acceptors (Lipinski definition) is 4. The zero-order chi connectivity index (χ0) is 16.9. The van der Waals surface area contributed by atoms with Crippen LogP contribution in [0.15, 0.2) is 48.5 Å². The van der Waals surface area contributed by atoms with Crippen molar-refractivity contribution in [2.75, 3.05) is 0 Å². The SMILES string of the molecule is Cc1ccc(Cn2nnc(C#N)c2COc2ccc(C)cc2)cc1. The Labute approximate surface area is 141 Å². The molecule has 0 N–H and O–H groups in total. The minimum absolute atomic E-state index is 0.255. The van der Waals surface area contributed by atoms with Crippen molar-refractivity contribution in [1.29, 1.82) is 5.26 Å². The van der Waals surface area contributed by atoms with Gasteiger partial charge in [-0.25, -0.2) is 4.68 Å². The predicted molar refractivity (Wildman–Crippen MR) is 90.5 cm³/mol. The molecule has 0 atom stereocenters. The molecule has 1 heterocycles. The molecule has 0 radical (unpaired) electrons. The maximum absolute atomic E-state index is 9.25. The molecule has 1 aromatic heterocycles. The van der Waals surface area contributed by atoms with E-state index in [0.717, 1.165) is 11.3 Å². The van der Waals surface area contributed by atoms with Crippen LogP contribution in [0.5, 0.6) is 5.75 Å². The van der Waals surface area contributed by atoms with Crippen molar-refractivity contribution >= 4 is 0 Å². The first-order chi connectivity index (χ1) is 11.7. The van der Waals surface area contributed by atoms with Crippen LogP contribution in [0.3, 0.4) is 0 Å². The molecular weight excluding hydrogens is 300 g/mol. The average Bonchev–Trinajstić information content (AvgIpc) is 2.98. The Bertz CT molecular complexity index is 858. The van der Waals surface area contributed by atoms with Crippen LogP contribution < -0.4 is 4.74 Å². The number of nitriles is 1. The summed E-state index contributed by atoms with van der Waals surface area (Å²) in [6.07, 6.45) is 0. The summed E-state index contributed by atoms with van der Waals surface area (Å²) in [4.78, 5) is 0. The fourth-order valence-corrected chi connectivity index (χ4v) is 2.34. The normalized spacial score (nSPS) is 10.4. The molecule has 0 aliphatic rings. The minimum atomic E-state index is 0.255. The maximum atomic E-state index is 9.25. The van der Waals surface area contributed by atoms with Crippen molar-refractivity contribution in [2.24, 2.45) is 0 Å². The van der Waals surface area contributed by atoms with Crippen molar-refractivity contribution in [2.45, 2.75) is 27.0 Å². The Morgan fingerprint density at radius 1 is 1.00 bits per heavy atom. The first kappa shape index (κ1) is 15.8. The van der Waals surface area contributed by atoms with Gasteiger partial charge in [0.05, 0.1) is 6.54 Å². The highest BCUT2D eigenvalue weighted by Crippen LogP contribution is 2.16. The third-order valence-electron chi connectivity index (χ3n) is 3.79. The number of benzene rings is 2. The number of ether oxygens (including phenoxy) is 1. The van der Waals surface area contributed by atoms with Crippen LogP contribution in [0.2, 0.25) is 0 Å². The van der Waals surface area contributed by atoms with E-state index in [-0.39, 0.29) is 6.61 Å². The Balaban J connectivity index is 1.78. The van der Waals surface area contributed by atoms with Crippen molar-refractivity contribution in [3.8, 4) is 11.8 Å². The van der Waals surface area contributed by atoms with Gasteiger partial charge in [-0.15, -0.1) is 5.10 Å². The van der Waals surface area contributed by atoms with E-state index in [1.807, 2.05) is 50.2 Å². The predicted octanol–water partition coefficient (Wildman–Crippen LogP) is 3.39. The molecule has 0 saturated carbocycles. The molecule has 0 bridgehead atoms. The summed E-state index contributed by atoms with van der Waals surface area (Å²) in [5.74, 6) is 0.757. The second-order valence-corrected chi connectivity index (χ2v) is 5.74. The lowest BCUT2D eigenvalue weighted by Crippen LogP contribution is -2.10. The van der Waals surface area contributed by atoms with Gasteiger partial charge in [0, 0.05) is 0 Å². The van der Waals surface area contributed by atoms with Crippen molar-refractivity contribution < 1.29 is 4.74 Å². The monoisotopic (exact) mass is 318 g/mol. The summed E-state index contributed by atoms with van der Waals surface area (Å²) in [5.41, 5.74) is 4.46. The Hall–Kier alpha value is -3.13. The minimum Gasteiger partial charge on any atom is -0.487 e. The van der Waals surface area contributed by atoms with Gasteiger partial charge in [0.1, 0.15) is 24.1 Å². The van der Waals surface area contributed by atoms with E-state index in [2.05, 4.69) is 28.5 Å². The standard InChI is InChI=1S/C19H18N4O/c1-14-3-7-16(8-4-14)12-23-19(18(11-20)21-22-23)13-24-17-9-5-15(2)6-10-17/h3-10H,12-13H2,1-2H3. The van der Waals surface area contributed by atoms with Crippen LogP contribution in [0.25, 0.3) is 0 Å². The van der Waals surface area contributed by atoms with E-state index in [1.165, 1.54) is 11.1 Å². The van der Waals surface area contributed by atoms with E-state index < -0.39 is 0 Å². The van der Waals surface area contributed by atoms with Gasteiger partial charge in [0.2, 0.25) is 0 Å². The molecule has 0 aliphatic heterocycles. The number of nitrogens with zero attached hydrogens (tertiary/aromatic N) is 4. The highest BCUT2D eigenvalue weighted by molar-refractivity contribution is 5.29. The summed E-state index contributed by atoms with van der Waals surface area (Å²) in [6, 6.07) is 18.1. The molecule has 0 spiro atoms. The van der Waals surface area contributed by atoms with Crippen LogP contribution in [-0.4, -0.2) is 15.0 Å². The third-order valence-corrected chi connectivity index (χ3v) is 3.79. The molecular formula is C19H18N4O. The molecule has 0 saturated heterocycles. The number of aromatic nitrogens is 3. The zero-order valence-corrected chi connectivity index (χ0v) is 13.7. The van der Waals surface area contributed by atoms with Gasteiger partial charge in [-0.1, -0.05) is 52.7 Å². The molecule has 24 heavy (non-hydrogen) atoms. The molecule has 0 amide bonds. The molecule has 120 valence electrons. The highest BCUT2D eigenvalue weighted by Gasteiger charge is 2.14. The first-order valence-electron chi connectivity index (χ1n) is 7.73. The summed E-state index contributed by atoms with van der Waals surface area (Å²) < 4.78 is 7.51. The van der Waals surface area contributed by atoms with Crippen molar-refractivity contribution in [3.05, 3.63) is 76.6 Å². The van der Waals surface area contributed by atoms with Crippen LogP contribution in [0, 0.1) is 25.2 Å². The second-order valence-electron chi connectivity index (χ2n) is 5.74. The summed E-state index contributed by atoms with van der Waals surface area (Å²) in [7, 11) is 0. The second kappa shape index (κ2) is 6.97. The molecule has 0 aliphatic carbocycles. The van der Waals surface area contributed by atoms with Gasteiger partial charge in [0.25, 0.3) is 0 Å². The third kappa shape index (κ3) is 3.61. The van der Waals surface area contributed by atoms with E-state index >= 15 is 0 Å². The van der Waals surface area contributed by atoms with Crippen LogP contribution in [0.4, 0.5) is 0 Å². The zero-order valence-electron chi connectivity index (χ0n) is 13.7. The number of aryl methyl sites for hydroxylation is 2. The molecule has 2 aromatic carbocycles. The van der Waals surface area contributed by atoms with Crippen molar-refractivity contribution in [1.82, 2.24) is 15.0 Å². The lowest BCUT2D eigenvalue weighted by molar-refractivity contribution is 0.293. The van der Waals surface area contributed by atoms with E-state index in [1.54, 1.807) is 4.68 Å². The molecule has 5 nitrogen and oxygen atoms in total. The average molecular weight is 318 g/mol.